The molecule has 0 bridgehead atoms. The number of hydrogen-bond acceptors (Lipinski definition) is 5. The minimum atomic E-state index is -0.414. The van der Waals surface area contributed by atoms with Crippen LogP contribution >= 0.6 is 0 Å². The maximum atomic E-state index is 12.0. The number of benzene rings is 1. The summed E-state index contributed by atoms with van der Waals surface area (Å²) in [7, 11) is 3.11. The summed E-state index contributed by atoms with van der Waals surface area (Å²) < 4.78 is 10.4. The Morgan fingerprint density at radius 3 is 2.70 bits per heavy atom. The fourth-order valence-electron chi connectivity index (χ4n) is 1.93. The number of nitrogens with one attached hydrogen (secondary N) is 1. The highest BCUT2D eigenvalue weighted by molar-refractivity contribution is 6.02. The summed E-state index contributed by atoms with van der Waals surface area (Å²) in [5, 5.41) is 12.2. The monoisotopic (exact) mass is 314 g/mol. The summed E-state index contributed by atoms with van der Waals surface area (Å²) in [5.41, 5.74) is 1.39. The Morgan fingerprint density at radius 1 is 1.22 bits per heavy atom. The van der Waals surface area contributed by atoms with Crippen molar-refractivity contribution in [3.8, 4) is 17.2 Å². The molecule has 2 rings (SSSR count). The van der Waals surface area contributed by atoms with E-state index in [4.69, 9.17) is 9.47 Å². The Hall–Kier alpha value is -3.02. The summed E-state index contributed by atoms with van der Waals surface area (Å²) in [6.07, 6.45) is 2.93. The van der Waals surface area contributed by atoms with Gasteiger partial charge in [-0.15, -0.1) is 0 Å². The zero-order valence-electron chi connectivity index (χ0n) is 13.2. The molecule has 0 spiro atoms. The zero-order chi connectivity index (χ0) is 16.8. The number of ether oxygens (including phenoxy) is 2. The lowest BCUT2D eigenvalue weighted by molar-refractivity contribution is -0.111. The molecule has 0 aliphatic rings. The van der Waals surface area contributed by atoms with Crippen molar-refractivity contribution < 1.29 is 19.4 Å². The number of carbonyl (C=O) groups is 1. The van der Waals surface area contributed by atoms with Gasteiger partial charge in [-0.1, -0.05) is 0 Å². The predicted octanol–water partition coefficient (Wildman–Crippen LogP) is 2.76. The number of aryl methyl sites for hydroxylation is 1. The van der Waals surface area contributed by atoms with Gasteiger partial charge in [0.05, 0.1) is 14.2 Å². The van der Waals surface area contributed by atoms with Gasteiger partial charge in [0.2, 0.25) is 5.91 Å². The molecule has 6 heteroatoms. The van der Waals surface area contributed by atoms with E-state index in [1.807, 2.05) is 0 Å². The Kier molecular flexibility index (Phi) is 5.19. The number of aromatic hydroxyl groups is 1. The molecule has 0 aliphatic heterocycles. The Morgan fingerprint density at radius 2 is 2.00 bits per heavy atom. The van der Waals surface area contributed by atoms with E-state index in [9.17, 15) is 9.90 Å². The quantitative estimate of drug-likeness (QED) is 0.829. The van der Waals surface area contributed by atoms with Crippen LogP contribution in [0.3, 0.4) is 0 Å². The summed E-state index contributed by atoms with van der Waals surface area (Å²) in [6, 6.07) is 8.41. The first-order chi connectivity index (χ1) is 11.0. The maximum Gasteiger partial charge on any atom is 0.249 e. The van der Waals surface area contributed by atoms with Crippen LogP contribution in [0.15, 0.2) is 36.4 Å². The largest absolute Gasteiger partial charge is 0.504 e. The SMILES string of the molecule is COc1ccc(OC)c(/C=C/C(=O)Nc2nc(C)ccc2O)c1. The maximum absolute atomic E-state index is 12.0. The average molecular weight is 314 g/mol. The molecule has 1 aromatic heterocycles. The molecule has 2 aromatic rings. The van der Waals surface area contributed by atoms with Crippen molar-refractivity contribution in [3.05, 3.63) is 47.7 Å². The third-order valence-corrected chi connectivity index (χ3v) is 3.11. The Labute approximate surface area is 134 Å². The number of carbonyl (C=O) groups excluding carboxylic acids is 1. The standard InChI is InChI=1S/C17H18N2O4/c1-11-4-7-14(20)17(18-11)19-16(21)9-5-12-10-13(22-2)6-8-15(12)23-3/h4-10,20H,1-3H3,(H,18,19,21)/b9-5+. The molecule has 0 saturated carbocycles. The second kappa shape index (κ2) is 7.31. The first-order valence-corrected chi connectivity index (χ1v) is 6.91. The number of amides is 1. The van der Waals surface area contributed by atoms with Crippen molar-refractivity contribution in [2.75, 3.05) is 19.5 Å². The number of anilines is 1. The molecule has 0 radical (unpaired) electrons. The van der Waals surface area contributed by atoms with Gasteiger partial charge in [0.1, 0.15) is 11.5 Å². The van der Waals surface area contributed by atoms with Gasteiger partial charge in [-0.2, -0.15) is 0 Å². The number of pyridine rings is 1. The molecular formula is C17H18N2O4. The molecule has 0 unspecified atom stereocenters. The highest BCUT2D eigenvalue weighted by Crippen LogP contribution is 2.25. The number of hydrogen-bond donors (Lipinski definition) is 2. The van der Waals surface area contributed by atoms with Crippen LogP contribution in [0.5, 0.6) is 17.2 Å². The van der Waals surface area contributed by atoms with E-state index in [2.05, 4.69) is 10.3 Å². The highest BCUT2D eigenvalue weighted by Gasteiger charge is 2.07. The molecule has 1 heterocycles. The molecule has 0 atom stereocenters. The molecule has 1 aromatic carbocycles. The minimum Gasteiger partial charge on any atom is -0.504 e. The van der Waals surface area contributed by atoms with Crippen LogP contribution in [0.25, 0.3) is 6.08 Å². The van der Waals surface area contributed by atoms with Gasteiger partial charge >= 0.3 is 0 Å². The van der Waals surface area contributed by atoms with E-state index in [-0.39, 0.29) is 11.6 Å². The molecule has 2 N–H and O–H groups in total. The van der Waals surface area contributed by atoms with Crippen molar-refractivity contribution in [3.63, 3.8) is 0 Å². The second-order valence-corrected chi connectivity index (χ2v) is 4.75. The van der Waals surface area contributed by atoms with E-state index in [1.54, 1.807) is 51.5 Å². The molecule has 0 aliphatic carbocycles. The van der Waals surface area contributed by atoms with Crippen molar-refractivity contribution in [2.45, 2.75) is 6.92 Å². The van der Waals surface area contributed by atoms with Crippen molar-refractivity contribution in [1.29, 1.82) is 0 Å². The average Bonchev–Trinajstić information content (AvgIpc) is 2.56. The van der Waals surface area contributed by atoms with Gasteiger partial charge in [0.15, 0.2) is 11.6 Å². The molecular weight excluding hydrogens is 296 g/mol. The van der Waals surface area contributed by atoms with Gasteiger partial charge in [0.25, 0.3) is 0 Å². The number of methoxy groups -OCH3 is 2. The van der Waals surface area contributed by atoms with E-state index in [1.165, 1.54) is 12.1 Å². The number of nitrogens with zero attached hydrogens (tertiary/aromatic N) is 1. The van der Waals surface area contributed by atoms with Gasteiger partial charge in [-0.25, -0.2) is 4.98 Å². The highest BCUT2D eigenvalue weighted by atomic mass is 16.5. The summed E-state index contributed by atoms with van der Waals surface area (Å²) in [6.45, 7) is 1.77. The van der Waals surface area contributed by atoms with Crippen LogP contribution in [0, 0.1) is 6.92 Å². The summed E-state index contributed by atoms with van der Waals surface area (Å²) >= 11 is 0. The Balaban J connectivity index is 2.16. The van der Waals surface area contributed by atoms with E-state index in [0.29, 0.717) is 22.8 Å². The van der Waals surface area contributed by atoms with Crippen LogP contribution < -0.4 is 14.8 Å². The van der Waals surface area contributed by atoms with Crippen molar-refractivity contribution >= 4 is 17.8 Å². The van der Waals surface area contributed by atoms with Crippen LogP contribution in [0.4, 0.5) is 5.82 Å². The molecule has 6 nitrogen and oxygen atoms in total. The van der Waals surface area contributed by atoms with Crippen LogP contribution in [0.1, 0.15) is 11.3 Å². The molecule has 0 saturated heterocycles. The second-order valence-electron chi connectivity index (χ2n) is 4.75. The molecule has 120 valence electrons. The van der Waals surface area contributed by atoms with Crippen molar-refractivity contribution in [1.82, 2.24) is 4.98 Å². The van der Waals surface area contributed by atoms with Gasteiger partial charge in [0, 0.05) is 17.3 Å². The zero-order valence-corrected chi connectivity index (χ0v) is 13.2. The minimum absolute atomic E-state index is 0.0867. The first kappa shape index (κ1) is 16.4. The van der Waals surface area contributed by atoms with Crippen LogP contribution in [-0.4, -0.2) is 30.2 Å². The van der Waals surface area contributed by atoms with E-state index < -0.39 is 5.91 Å². The Bertz CT molecular complexity index is 741. The molecule has 0 fully saturated rings. The van der Waals surface area contributed by atoms with Crippen LogP contribution in [0.2, 0.25) is 0 Å². The lowest BCUT2D eigenvalue weighted by Gasteiger charge is -2.07. The normalized spacial score (nSPS) is 10.6. The summed E-state index contributed by atoms with van der Waals surface area (Å²) in [4.78, 5) is 16.1. The topological polar surface area (TPSA) is 80.7 Å². The first-order valence-electron chi connectivity index (χ1n) is 6.91. The van der Waals surface area contributed by atoms with E-state index >= 15 is 0 Å². The summed E-state index contributed by atoms with van der Waals surface area (Å²) in [5.74, 6) is 0.895. The lowest BCUT2D eigenvalue weighted by Crippen LogP contribution is -2.09. The van der Waals surface area contributed by atoms with Gasteiger partial charge in [-0.05, 0) is 43.3 Å². The van der Waals surface area contributed by atoms with Crippen molar-refractivity contribution in [2.24, 2.45) is 0 Å². The van der Waals surface area contributed by atoms with Gasteiger partial charge in [-0.3, -0.25) is 4.79 Å². The third-order valence-electron chi connectivity index (χ3n) is 3.11. The fourth-order valence-corrected chi connectivity index (χ4v) is 1.93. The third kappa shape index (κ3) is 4.23. The van der Waals surface area contributed by atoms with Crippen LogP contribution in [-0.2, 0) is 4.79 Å². The number of rotatable bonds is 5. The lowest BCUT2D eigenvalue weighted by atomic mass is 10.1. The predicted molar refractivity (Wildman–Crippen MR) is 87.8 cm³/mol. The molecule has 23 heavy (non-hydrogen) atoms. The smallest absolute Gasteiger partial charge is 0.249 e. The van der Waals surface area contributed by atoms with E-state index in [0.717, 1.165) is 0 Å². The molecule has 1 amide bonds. The number of aromatic nitrogens is 1. The fraction of sp³-hybridized carbons (Fsp3) is 0.176. The van der Waals surface area contributed by atoms with Gasteiger partial charge < -0.3 is 19.9 Å².